The van der Waals surface area contributed by atoms with Crippen LogP contribution in [0.1, 0.15) is 23.6 Å². The highest BCUT2D eigenvalue weighted by atomic mass is 16.6. The number of hydrogen-bond acceptors (Lipinski definition) is 6. The van der Waals surface area contributed by atoms with Crippen molar-refractivity contribution >= 4 is 34.2 Å². The van der Waals surface area contributed by atoms with E-state index in [2.05, 4.69) is 5.32 Å². The van der Waals surface area contributed by atoms with Gasteiger partial charge in [0.05, 0.1) is 17.6 Å². The smallest absolute Gasteiger partial charge is 0.311 e. The van der Waals surface area contributed by atoms with Gasteiger partial charge in [-0.2, -0.15) is 0 Å². The summed E-state index contributed by atoms with van der Waals surface area (Å²) in [5, 5.41) is 14.2. The third kappa shape index (κ3) is 4.60. The molecule has 29 heavy (non-hydrogen) atoms. The fraction of sp³-hybridized carbons (Fsp3) is 0.238. The maximum atomic E-state index is 12.3. The van der Waals surface area contributed by atoms with Crippen molar-refractivity contribution in [3.05, 3.63) is 69.5 Å². The number of aryl methyl sites for hydroxylation is 2. The average molecular weight is 396 g/mol. The molecule has 0 saturated heterocycles. The largest absolute Gasteiger partial charge is 0.464 e. The Morgan fingerprint density at radius 2 is 1.93 bits per heavy atom. The Balaban J connectivity index is 1.63. The summed E-state index contributed by atoms with van der Waals surface area (Å²) in [6, 6.07) is 9.38. The molecule has 3 rings (SSSR count). The molecule has 8 nitrogen and oxygen atoms in total. The highest BCUT2D eigenvalue weighted by molar-refractivity contribution is 5.95. The van der Waals surface area contributed by atoms with E-state index in [0.29, 0.717) is 11.1 Å². The normalized spacial score (nSPS) is 11.8. The van der Waals surface area contributed by atoms with Crippen LogP contribution in [0.5, 0.6) is 0 Å². The predicted octanol–water partition coefficient (Wildman–Crippen LogP) is 4.07. The molecule has 8 heteroatoms. The standard InChI is InChI=1S/C21H20N2O6/c1-12-7-18-15(11-28-19(18)8-13(12)2)9-20(24)29-14(3)21(25)22-16-5-4-6-17(10-16)23(26)27/h4-8,10-11,14H,9H2,1-3H3,(H,22,25). The minimum atomic E-state index is -1.07. The number of benzene rings is 2. The number of nitro benzene ring substituents is 1. The van der Waals surface area contributed by atoms with Gasteiger partial charge in [-0.05, 0) is 50.1 Å². The van der Waals surface area contributed by atoms with Gasteiger partial charge >= 0.3 is 5.97 Å². The minimum absolute atomic E-state index is 0.0378. The van der Waals surface area contributed by atoms with Crippen molar-refractivity contribution in [3.63, 3.8) is 0 Å². The van der Waals surface area contributed by atoms with Crippen LogP contribution in [0.3, 0.4) is 0 Å². The summed E-state index contributed by atoms with van der Waals surface area (Å²) < 4.78 is 10.7. The minimum Gasteiger partial charge on any atom is -0.464 e. The van der Waals surface area contributed by atoms with Crippen molar-refractivity contribution in [1.29, 1.82) is 0 Å². The molecule has 2 aromatic carbocycles. The lowest BCUT2D eigenvalue weighted by molar-refractivity contribution is -0.384. The molecule has 1 aromatic heterocycles. The van der Waals surface area contributed by atoms with Crippen LogP contribution < -0.4 is 5.32 Å². The number of carbonyl (C=O) groups excluding carboxylic acids is 2. The van der Waals surface area contributed by atoms with Crippen molar-refractivity contribution in [3.8, 4) is 0 Å². The molecule has 0 fully saturated rings. The SMILES string of the molecule is Cc1cc2occ(CC(=O)OC(C)C(=O)Nc3cccc([N+](=O)[O-])c3)c2cc1C. The van der Waals surface area contributed by atoms with Crippen molar-refractivity contribution in [2.45, 2.75) is 33.3 Å². The lowest BCUT2D eigenvalue weighted by atomic mass is 10.0. The molecule has 0 radical (unpaired) electrons. The second kappa shape index (κ2) is 8.14. The molecule has 0 aliphatic heterocycles. The third-order valence-corrected chi connectivity index (χ3v) is 4.61. The highest BCUT2D eigenvalue weighted by Gasteiger charge is 2.20. The van der Waals surface area contributed by atoms with Gasteiger partial charge < -0.3 is 14.5 Å². The second-order valence-electron chi connectivity index (χ2n) is 6.80. The van der Waals surface area contributed by atoms with Crippen LogP contribution in [-0.2, 0) is 20.7 Å². The summed E-state index contributed by atoms with van der Waals surface area (Å²) in [4.78, 5) is 34.8. The quantitative estimate of drug-likeness (QED) is 0.382. The lowest BCUT2D eigenvalue weighted by Gasteiger charge is -2.13. The van der Waals surface area contributed by atoms with Crippen LogP contribution in [0, 0.1) is 24.0 Å². The summed E-state index contributed by atoms with van der Waals surface area (Å²) in [6.07, 6.45) is 0.409. The number of ether oxygens (including phenoxy) is 1. The number of esters is 1. The van der Waals surface area contributed by atoms with E-state index >= 15 is 0 Å². The number of amides is 1. The van der Waals surface area contributed by atoms with E-state index in [4.69, 9.17) is 9.15 Å². The van der Waals surface area contributed by atoms with E-state index in [0.717, 1.165) is 16.5 Å². The zero-order chi connectivity index (χ0) is 21.1. The number of nitrogens with zero attached hydrogens (tertiary/aromatic N) is 1. The molecular weight excluding hydrogens is 376 g/mol. The fourth-order valence-electron chi connectivity index (χ4n) is 2.86. The first-order valence-corrected chi connectivity index (χ1v) is 8.96. The number of fused-ring (bicyclic) bond motifs is 1. The molecule has 1 amide bonds. The first kappa shape index (κ1) is 20.1. The summed E-state index contributed by atoms with van der Waals surface area (Å²) in [7, 11) is 0. The predicted molar refractivity (Wildman–Crippen MR) is 107 cm³/mol. The number of rotatable bonds is 6. The summed E-state index contributed by atoms with van der Waals surface area (Å²) in [6.45, 7) is 5.39. The van der Waals surface area contributed by atoms with Gasteiger partial charge in [0.15, 0.2) is 6.10 Å². The van der Waals surface area contributed by atoms with Crippen molar-refractivity contribution in [1.82, 2.24) is 0 Å². The molecule has 1 atom stereocenters. The number of carbonyl (C=O) groups is 2. The Hall–Kier alpha value is -3.68. The van der Waals surface area contributed by atoms with Crippen LogP contribution in [0.2, 0.25) is 0 Å². The van der Waals surface area contributed by atoms with Crippen molar-refractivity contribution in [2.75, 3.05) is 5.32 Å². The number of non-ortho nitro benzene ring substituents is 1. The molecular formula is C21H20N2O6. The second-order valence-corrected chi connectivity index (χ2v) is 6.80. The molecule has 1 N–H and O–H groups in total. The highest BCUT2D eigenvalue weighted by Crippen LogP contribution is 2.25. The molecule has 3 aromatic rings. The first-order chi connectivity index (χ1) is 13.7. The zero-order valence-corrected chi connectivity index (χ0v) is 16.2. The topological polar surface area (TPSA) is 112 Å². The van der Waals surface area contributed by atoms with Crippen molar-refractivity contribution < 1.29 is 23.7 Å². The molecule has 150 valence electrons. The molecule has 1 heterocycles. The monoisotopic (exact) mass is 396 g/mol. The van der Waals surface area contributed by atoms with E-state index < -0.39 is 22.9 Å². The van der Waals surface area contributed by atoms with E-state index in [9.17, 15) is 19.7 Å². The Morgan fingerprint density at radius 3 is 2.66 bits per heavy atom. The van der Waals surface area contributed by atoms with Gasteiger partial charge in [-0.3, -0.25) is 19.7 Å². The number of hydrogen-bond donors (Lipinski definition) is 1. The first-order valence-electron chi connectivity index (χ1n) is 8.96. The zero-order valence-electron chi connectivity index (χ0n) is 16.2. The number of furan rings is 1. The summed E-state index contributed by atoms with van der Waals surface area (Å²) in [5.74, 6) is -1.16. The van der Waals surface area contributed by atoms with E-state index in [1.165, 1.54) is 37.5 Å². The van der Waals surface area contributed by atoms with E-state index in [-0.39, 0.29) is 17.8 Å². The van der Waals surface area contributed by atoms with Gasteiger partial charge in [0.25, 0.3) is 11.6 Å². The number of nitrogens with one attached hydrogen (secondary N) is 1. The van der Waals surface area contributed by atoms with Crippen LogP contribution in [-0.4, -0.2) is 22.9 Å². The van der Waals surface area contributed by atoms with Gasteiger partial charge in [-0.1, -0.05) is 6.07 Å². The van der Waals surface area contributed by atoms with E-state index in [1.807, 2.05) is 26.0 Å². The fourth-order valence-corrected chi connectivity index (χ4v) is 2.86. The molecule has 0 spiro atoms. The van der Waals surface area contributed by atoms with Gasteiger partial charge in [0.2, 0.25) is 0 Å². The van der Waals surface area contributed by atoms with Gasteiger partial charge in [0, 0.05) is 28.8 Å². The van der Waals surface area contributed by atoms with Crippen LogP contribution in [0.15, 0.2) is 47.1 Å². The van der Waals surface area contributed by atoms with Gasteiger partial charge in [0.1, 0.15) is 5.58 Å². The Morgan fingerprint density at radius 1 is 1.21 bits per heavy atom. The van der Waals surface area contributed by atoms with Gasteiger partial charge in [-0.15, -0.1) is 0 Å². The van der Waals surface area contributed by atoms with Crippen molar-refractivity contribution in [2.24, 2.45) is 0 Å². The Bertz CT molecular complexity index is 1100. The summed E-state index contributed by atoms with van der Waals surface area (Å²) >= 11 is 0. The maximum Gasteiger partial charge on any atom is 0.311 e. The van der Waals surface area contributed by atoms with Crippen LogP contribution >= 0.6 is 0 Å². The molecule has 0 bridgehead atoms. The summed E-state index contributed by atoms with van der Waals surface area (Å²) in [5.41, 5.74) is 3.64. The maximum absolute atomic E-state index is 12.3. The molecule has 0 saturated carbocycles. The van der Waals surface area contributed by atoms with E-state index in [1.54, 1.807) is 0 Å². The Labute approximate surface area is 166 Å². The van der Waals surface area contributed by atoms with Crippen LogP contribution in [0.4, 0.5) is 11.4 Å². The average Bonchev–Trinajstić information content (AvgIpc) is 3.03. The molecule has 1 unspecified atom stereocenters. The Kier molecular flexibility index (Phi) is 5.63. The number of anilines is 1. The molecule has 0 aliphatic carbocycles. The number of nitro groups is 1. The lowest BCUT2D eigenvalue weighted by Crippen LogP contribution is -2.30. The van der Waals surface area contributed by atoms with Gasteiger partial charge in [-0.25, -0.2) is 0 Å². The van der Waals surface area contributed by atoms with Crippen LogP contribution in [0.25, 0.3) is 11.0 Å². The third-order valence-electron chi connectivity index (χ3n) is 4.61. The molecule has 0 aliphatic rings.